The van der Waals surface area contributed by atoms with Crippen LogP contribution in [0.1, 0.15) is 17.2 Å². The molecule has 0 saturated carbocycles. The van der Waals surface area contributed by atoms with Crippen molar-refractivity contribution in [3.05, 3.63) is 47.0 Å². The van der Waals surface area contributed by atoms with Crippen molar-refractivity contribution in [1.82, 2.24) is 10.3 Å². The summed E-state index contributed by atoms with van der Waals surface area (Å²) in [5.41, 5.74) is 1.81. The van der Waals surface area contributed by atoms with Crippen molar-refractivity contribution in [2.75, 3.05) is 11.9 Å². The van der Waals surface area contributed by atoms with Gasteiger partial charge in [-0.2, -0.15) is 0 Å². The number of amides is 2. The highest BCUT2D eigenvalue weighted by atomic mass is 32.1. The molecular weight excluding hydrogens is 262 g/mol. The number of hydrogen-bond acceptors (Lipinski definition) is 4. The highest BCUT2D eigenvalue weighted by Gasteiger charge is 2.11. The Kier molecular flexibility index (Phi) is 4.48. The SMILES string of the molecule is Cc1ccccc1C(O)CNC(=O)Nc1nccs1. The van der Waals surface area contributed by atoms with Gasteiger partial charge in [0.1, 0.15) is 0 Å². The summed E-state index contributed by atoms with van der Waals surface area (Å²) in [7, 11) is 0. The Balaban J connectivity index is 1.85. The van der Waals surface area contributed by atoms with Gasteiger partial charge in [-0.1, -0.05) is 24.3 Å². The van der Waals surface area contributed by atoms with Gasteiger partial charge in [0, 0.05) is 18.1 Å². The van der Waals surface area contributed by atoms with Crippen molar-refractivity contribution < 1.29 is 9.90 Å². The molecule has 3 N–H and O–H groups in total. The van der Waals surface area contributed by atoms with Gasteiger partial charge < -0.3 is 10.4 Å². The number of hydrogen-bond donors (Lipinski definition) is 3. The number of aliphatic hydroxyl groups is 1. The molecule has 2 rings (SSSR count). The Morgan fingerprint density at radius 1 is 1.47 bits per heavy atom. The topological polar surface area (TPSA) is 74.2 Å². The number of nitrogens with one attached hydrogen (secondary N) is 2. The van der Waals surface area contributed by atoms with Crippen LogP contribution in [0.25, 0.3) is 0 Å². The molecule has 100 valence electrons. The molecule has 0 saturated heterocycles. The van der Waals surface area contributed by atoms with E-state index in [0.29, 0.717) is 5.13 Å². The molecular formula is C13H15N3O2S. The highest BCUT2D eigenvalue weighted by Crippen LogP contribution is 2.16. The lowest BCUT2D eigenvalue weighted by Gasteiger charge is -2.14. The van der Waals surface area contributed by atoms with Crippen LogP contribution in [0.15, 0.2) is 35.8 Å². The number of rotatable bonds is 4. The fourth-order valence-electron chi connectivity index (χ4n) is 1.69. The predicted octanol–water partition coefficient (Wildman–Crippen LogP) is 2.31. The van der Waals surface area contributed by atoms with Gasteiger partial charge >= 0.3 is 6.03 Å². The van der Waals surface area contributed by atoms with Crippen LogP contribution in [0.2, 0.25) is 0 Å². The summed E-state index contributed by atoms with van der Waals surface area (Å²) in [6.45, 7) is 2.08. The lowest BCUT2D eigenvalue weighted by molar-refractivity contribution is 0.174. The molecule has 0 fully saturated rings. The third-order valence-electron chi connectivity index (χ3n) is 2.66. The van der Waals surface area contributed by atoms with Crippen molar-refractivity contribution in [2.45, 2.75) is 13.0 Å². The summed E-state index contributed by atoms with van der Waals surface area (Å²) >= 11 is 1.34. The average molecular weight is 277 g/mol. The van der Waals surface area contributed by atoms with Crippen molar-refractivity contribution in [3.63, 3.8) is 0 Å². The number of aromatic nitrogens is 1. The van der Waals surface area contributed by atoms with Crippen LogP contribution >= 0.6 is 11.3 Å². The molecule has 0 aliphatic carbocycles. The molecule has 1 heterocycles. The molecule has 2 amide bonds. The molecule has 19 heavy (non-hydrogen) atoms. The molecule has 2 aromatic rings. The number of aryl methyl sites for hydroxylation is 1. The van der Waals surface area contributed by atoms with Crippen LogP contribution in [0, 0.1) is 6.92 Å². The number of thiazole rings is 1. The van der Waals surface area contributed by atoms with Crippen LogP contribution in [-0.4, -0.2) is 22.7 Å². The normalized spacial score (nSPS) is 11.9. The van der Waals surface area contributed by atoms with E-state index in [-0.39, 0.29) is 12.6 Å². The van der Waals surface area contributed by atoms with Crippen LogP contribution in [0.4, 0.5) is 9.93 Å². The molecule has 0 aliphatic heterocycles. The molecule has 0 radical (unpaired) electrons. The molecule has 0 aliphatic rings. The van der Waals surface area contributed by atoms with Crippen molar-refractivity contribution in [2.24, 2.45) is 0 Å². The summed E-state index contributed by atoms with van der Waals surface area (Å²) < 4.78 is 0. The Bertz CT molecular complexity index is 543. The van der Waals surface area contributed by atoms with Gasteiger partial charge in [0.15, 0.2) is 5.13 Å². The number of benzene rings is 1. The Morgan fingerprint density at radius 2 is 2.26 bits per heavy atom. The van der Waals surface area contributed by atoms with E-state index in [2.05, 4.69) is 15.6 Å². The summed E-state index contributed by atoms with van der Waals surface area (Å²) in [5, 5.41) is 17.5. The maximum absolute atomic E-state index is 11.6. The predicted molar refractivity (Wildman–Crippen MR) is 75.3 cm³/mol. The second-order valence-corrected chi connectivity index (χ2v) is 4.94. The largest absolute Gasteiger partial charge is 0.387 e. The fraction of sp³-hybridized carbons (Fsp3) is 0.231. The van der Waals surface area contributed by atoms with E-state index in [1.165, 1.54) is 11.3 Å². The minimum absolute atomic E-state index is 0.155. The zero-order valence-electron chi connectivity index (χ0n) is 10.5. The van der Waals surface area contributed by atoms with Crippen molar-refractivity contribution in [3.8, 4) is 0 Å². The number of carbonyl (C=O) groups is 1. The number of carbonyl (C=O) groups excluding carboxylic acids is 1. The molecule has 1 atom stereocenters. The van der Waals surface area contributed by atoms with Crippen LogP contribution in [0.3, 0.4) is 0 Å². The zero-order chi connectivity index (χ0) is 13.7. The van der Waals surface area contributed by atoms with E-state index in [1.807, 2.05) is 31.2 Å². The lowest BCUT2D eigenvalue weighted by atomic mass is 10.0. The first-order chi connectivity index (χ1) is 9.16. The molecule has 0 spiro atoms. The van der Waals surface area contributed by atoms with Gasteiger partial charge in [-0.15, -0.1) is 11.3 Å². The number of aliphatic hydroxyl groups excluding tert-OH is 1. The molecule has 1 aromatic carbocycles. The third kappa shape index (κ3) is 3.77. The molecule has 5 nitrogen and oxygen atoms in total. The van der Waals surface area contributed by atoms with E-state index in [1.54, 1.807) is 11.6 Å². The molecule has 1 aromatic heterocycles. The maximum atomic E-state index is 11.6. The second kappa shape index (κ2) is 6.31. The summed E-state index contributed by atoms with van der Waals surface area (Å²) in [4.78, 5) is 15.5. The average Bonchev–Trinajstić information content (AvgIpc) is 2.89. The van der Waals surface area contributed by atoms with E-state index in [9.17, 15) is 9.90 Å². The minimum atomic E-state index is -0.719. The van der Waals surface area contributed by atoms with E-state index in [4.69, 9.17) is 0 Å². The van der Waals surface area contributed by atoms with E-state index >= 15 is 0 Å². The maximum Gasteiger partial charge on any atom is 0.321 e. The van der Waals surface area contributed by atoms with E-state index < -0.39 is 6.10 Å². The van der Waals surface area contributed by atoms with Crippen LogP contribution in [0.5, 0.6) is 0 Å². The van der Waals surface area contributed by atoms with Crippen molar-refractivity contribution >= 4 is 22.5 Å². The Hall–Kier alpha value is -1.92. The van der Waals surface area contributed by atoms with E-state index in [0.717, 1.165) is 11.1 Å². The first kappa shape index (κ1) is 13.5. The number of urea groups is 1. The molecule has 0 bridgehead atoms. The first-order valence-corrected chi connectivity index (χ1v) is 6.72. The zero-order valence-corrected chi connectivity index (χ0v) is 11.3. The second-order valence-electron chi connectivity index (χ2n) is 4.04. The van der Waals surface area contributed by atoms with Gasteiger partial charge in [0.25, 0.3) is 0 Å². The minimum Gasteiger partial charge on any atom is -0.387 e. The van der Waals surface area contributed by atoms with Gasteiger partial charge in [0.05, 0.1) is 6.10 Å². The Labute approximate surface area is 115 Å². The smallest absolute Gasteiger partial charge is 0.321 e. The van der Waals surface area contributed by atoms with Crippen LogP contribution in [-0.2, 0) is 0 Å². The Morgan fingerprint density at radius 3 is 2.95 bits per heavy atom. The first-order valence-electron chi connectivity index (χ1n) is 5.85. The summed E-state index contributed by atoms with van der Waals surface area (Å²) in [5.74, 6) is 0. The van der Waals surface area contributed by atoms with Gasteiger partial charge in [-0.25, -0.2) is 9.78 Å². The monoisotopic (exact) mass is 277 g/mol. The third-order valence-corrected chi connectivity index (χ3v) is 3.34. The van der Waals surface area contributed by atoms with Gasteiger partial charge in [-0.05, 0) is 18.1 Å². The summed E-state index contributed by atoms with van der Waals surface area (Å²) in [6, 6.07) is 7.17. The van der Waals surface area contributed by atoms with Gasteiger partial charge in [0.2, 0.25) is 0 Å². The number of anilines is 1. The van der Waals surface area contributed by atoms with Gasteiger partial charge in [-0.3, -0.25) is 5.32 Å². The number of nitrogens with zero attached hydrogens (tertiary/aromatic N) is 1. The fourth-order valence-corrected chi connectivity index (χ4v) is 2.21. The lowest BCUT2D eigenvalue weighted by Crippen LogP contribution is -2.32. The quantitative estimate of drug-likeness (QED) is 0.803. The molecule has 6 heteroatoms. The van der Waals surface area contributed by atoms with Crippen molar-refractivity contribution in [1.29, 1.82) is 0 Å². The van der Waals surface area contributed by atoms with Crippen LogP contribution < -0.4 is 10.6 Å². The highest BCUT2D eigenvalue weighted by molar-refractivity contribution is 7.13. The standard InChI is InChI=1S/C13H15N3O2S/c1-9-4-2-3-5-10(9)11(17)8-15-12(18)16-13-14-6-7-19-13/h2-7,11,17H,8H2,1H3,(H2,14,15,16,18). The summed E-state index contributed by atoms with van der Waals surface area (Å²) in [6.07, 6.45) is 0.894. The molecule has 1 unspecified atom stereocenters.